The number of nitrogens with zero attached hydrogens (tertiary/aromatic N) is 2. The van der Waals surface area contributed by atoms with Gasteiger partial charge in [0, 0.05) is 30.6 Å². The van der Waals surface area contributed by atoms with E-state index in [1.165, 1.54) is 0 Å². The van der Waals surface area contributed by atoms with E-state index in [9.17, 15) is 9.59 Å². The van der Waals surface area contributed by atoms with Gasteiger partial charge in [0.25, 0.3) is 5.91 Å². The monoisotopic (exact) mass is 443 g/mol. The lowest BCUT2D eigenvalue weighted by molar-refractivity contribution is -0.124. The van der Waals surface area contributed by atoms with Gasteiger partial charge in [-0.3, -0.25) is 9.59 Å². The average molecular weight is 444 g/mol. The zero-order chi connectivity index (χ0) is 22.2. The molecule has 168 valence electrons. The normalized spacial score (nSPS) is 18.3. The Morgan fingerprint density at radius 2 is 1.97 bits per heavy atom. The van der Waals surface area contributed by atoms with Crippen LogP contribution in [0.15, 0.2) is 41.8 Å². The predicted molar refractivity (Wildman–Crippen MR) is 125 cm³/mol. The number of benzene rings is 1. The van der Waals surface area contributed by atoms with Gasteiger partial charge >= 0.3 is 0 Å². The van der Waals surface area contributed by atoms with Gasteiger partial charge < -0.3 is 19.9 Å². The van der Waals surface area contributed by atoms with Gasteiger partial charge in [-0.15, -0.1) is 11.3 Å². The van der Waals surface area contributed by atoms with Crippen LogP contribution in [0.25, 0.3) is 0 Å². The van der Waals surface area contributed by atoms with E-state index in [0.29, 0.717) is 25.3 Å². The highest BCUT2D eigenvalue weighted by atomic mass is 32.1. The van der Waals surface area contributed by atoms with E-state index in [-0.39, 0.29) is 17.9 Å². The van der Waals surface area contributed by atoms with E-state index >= 15 is 0 Å². The predicted octanol–water partition coefficient (Wildman–Crippen LogP) is 3.52. The van der Waals surface area contributed by atoms with E-state index < -0.39 is 5.92 Å². The van der Waals surface area contributed by atoms with Crippen molar-refractivity contribution in [3.8, 4) is 0 Å². The molecular weight excluding hydrogens is 410 g/mol. The Kier molecular flexibility index (Phi) is 8.63. The van der Waals surface area contributed by atoms with Crippen molar-refractivity contribution in [3.05, 3.63) is 57.8 Å². The van der Waals surface area contributed by atoms with Gasteiger partial charge in [0.15, 0.2) is 0 Å². The van der Waals surface area contributed by atoms with Crippen LogP contribution in [0.4, 0.5) is 0 Å². The molecule has 2 amide bonds. The van der Waals surface area contributed by atoms with Crippen molar-refractivity contribution in [3.63, 3.8) is 0 Å². The summed E-state index contributed by atoms with van der Waals surface area (Å²) in [6.07, 6.45) is 0.901. The van der Waals surface area contributed by atoms with Crippen molar-refractivity contribution in [2.45, 2.75) is 32.2 Å². The molecule has 0 aliphatic carbocycles. The quantitative estimate of drug-likeness (QED) is 0.540. The van der Waals surface area contributed by atoms with Gasteiger partial charge in [-0.25, -0.2) is 0 Å². The highest BCUT2D eigenvalue weighted by Crippen LogP contribution is 2.44. The Morgan fingerprint density at radius 3 is 2.65 bits per heavy atom. The lowest BCUT2D eigenvalue weighted by Gasteiger charge is -2.41. The second-order valence-corrected chi connectivity index (χ2v) is 8.67. The first-order valence-electron chi connectivity index (χ1n) is 11.0. The van der Waals surface area contributed by atoms with Crippen molar-refractivity contribution < 1.29 is 14.3 Å². The zero-order valence-electron chi connectivity index (χ0n) is 18.7. The maximum atomic E-state index is 13.5. The minimum absolute atomic E-state index is 0.0275. The Balaban J connectivity index is 1.87. The third-order valence-corrected chi connectivity index (χ3v) is 6.88. The Morgan fingerprint density at radius 1 is 1.19 bits per heavy atom. The minimum atomic E-state index is -0.446. The topological polar surface area (TPSA) is 61.9 Å². The summed E-state index contributed by atoms with van der Waals surface area (Å²) in [5.74, 6) is -0.519. The highest BCUT2D eigenvalue weighted by Gasteiger charge is 2.44. The van der Waals surface area contributed by atoms with Gasteiger partial charge in [-0.1, -0.05) is 38.1 Å². The van der Waals surface area contributed by atoms with Gasteiger partial charge in [0.05, 0.1) is 18.6 Å². The standard InChI is InChI=1S/C24H33N3O3S/c1-4-26(5-2)14-9-13-25-23(28)21-18-10-6-7-11-19(18)24(29)27(15-16-30-3)22(21)20-12-8-17-31-20/h6-8,10-12,17,21-22H,4-5,9,13-16H2,1-3H3,(H,25,28)/t21-,22-/m0/s1. The van der Waals surface area contributed by atoms with E-state index in [1.807, 2.05) is 41.8 Å². The highest BCUT2D eigenvalue weighted by molar-refractivity contribution is 7.10. The SMILES string of the molecule is CCN(CC)CCCNC(=O)[C@H]1c2ccccc2C(=O)N(CCOC)[C@H]1c1cccs1. The maximum Gasteiger partial charge on any atom is 0.254 e. The third-order valence-electron chi connectivity index (χ3n) is 5.94. The molecule has 0 radical (unpaired) electrons. The summed E-state index contributed by atoms with van der Waals surface area (Å²) in [6.45, 7) is 8.77. The number of amides is 2. The number of thiophene rings is 1. The van der Waals surface area contributed by atoms with Crippen LogP contribution in [0.3, 0.4) is 0 Å². The summed E-state index contributed by atoms with van der Waals surface area (Å²) in [5.41, 5.74) is 1.41. The van der Waals surface area contributed by atoms with E-state index in [4.69, 9.17) is 4.74 Å². The molecule has 1 aliphatic heterocycles. The number of hydrogen-bond donors (Lipinski definition) is 1. The maximum absolute atomic E-state index is 13.5. The van der Waals surface area contributed by atoms with Crippen molar-refractivity contribution in [2.75, 3.05) is 46.4 Å². The molecule has 0 saturated heterocycles. The molecule has 1 aliphatic rings. The molecular formula is C24H33N3O3S. The third kappa shape index (κ3) is 5.34. The van der Waals surface area contributed by atoms with Crippen LogP contribution in [-0.2, 0) is 9.53 Å². The minimum Gasteiger partial charge on any atom is -0.383 e. The summed E-state index contributed by atoms with van der Waals surface area (Å²) in [4.78, 5) is 32.0. The molecule has 0 unspecified atom stereocenters. The molecule has 2 heterocycles. The van der Waals surface area contributed by atoms with Gasteiger partial charge in [0.1, 0.15) is 0 Å². The zero-order valence-corrected chi connectivity index (χ0v) is 19.5. The fraction of sp³-hybridized carbons (Fsp3) is 0.500. The summed E-state index contributed by atoms with van der Waals surface area (Å²) in [6, 6.07) is 11.2. The largest absolute Gasteiger partial charge is 0.383 e. The first-order chi connectivity index (χ1) is 15.1. The molecule has 0 saturated carbocycles. The molecule has 3 rings (SSSR count). The molecule has 2 atom stereocenters. The molecule has 2 aromatic rings. The summed E-state index contributed by atoms with van der Waals surface area (Å²) < 4.78 is 5.27. The molecule has 6 nitrogen and oxygen atoms in total. The van der Waals surface area contributed by atoms with Gasteiger partial charge in [0.2, 0.25) is 5.91 Å². The van der Waals surface area contributed by atoms with Crippen LogP contribution in [0, 0.1) is 0 Å². The summed E-state index contributed by atoms with van der Waals surface area (Å²) >= 11 is 1.58. The fourth-order valence-corrected chi connectivity index (χ4v) is 5.12. The number of fused-ring (bicyclic) bond motifs is 1. The first kappa shape index (κ1) is 23.4. The van der Waals surface area contributed by atoms with Gasteiger partial charge in [-0.2, -0.15) is 0 Å². The Hall–Kier alpha value is -2.22. The van der Waals surface area contributed by atoms with Crippen molar-refractivity contribution >= 4 is 23.2 Å². The molecule has 1 N–H and O–H groups in total. The van der Waals surface area contributed by atoms with Crippen LogP contribution < -0.4 is 5.32 Å². The number of methoxy groups -OCH3 is 1. The lowest BCUT2D eigenvalue weighted by atomic mass is 9.81. The average Bonchev–Trinajstić information content (AvgIpc) is 3.33. The van der Waals surface area contributed by atoms with E-state index in [0.717, 1.165) is 36.5 Å². The molecule has 31 heavy (non-hydrogen) atoms. The van der Waals surface area contributed by atoms with Crippen LogP contribution in [0.1, 0.15) is 53.0 Å². The molecule has 1 aromatic carbocycles. The molecule has 7 heteroatoms. The molecule has 0 fully saturated rings. The summed E-state index contributed by atoms with van der Waals surface area (Å²) in [7, 11) is 1.63. The van der Waals surface area contributed by atoms with Crippen LogP contribution >= 0.6 is 11.3 Å². The summed E-state index contributed by atoms with van der Waals surface area (Å²) in [5, 5.41) is 5.14. The van der Waals surface area contributed by atoms with E-state index in [2.05, 4.69) is 24.1 Å². The molecule has 0 bridgehead atoms. The smallest absolute Gasteiger partial charge is 0.254 e. The second-order valence-electron chi connectivity index (χ2n) is 7.69. The van der Waals surface area contributed by atoms with Crippen molar-refractivity contribution in [2.24, 2.45) is 0 Å². The van der Waals surface area contributed by atoms with Crippen LogP contribution in [0.2, 0.25) is 0 Å². The number of rotatable bonds is 11. The first-order valence-corrected chi connectivity index (χ1v) is 11.9. The van der Waals surface area contributed by atoms with Crippen molar-refractivity contribution in [1.29, 1.82) is 0 Å². The lowest BCUT2D eigenvalue weighted by Crippen LogP contribution is -2.48. The van der Waals surface area contributed by atoms with Gasteiger partial charge in [-0.05, 0) is 49.1 Å². The van der Waals surface area contributed by atoms with Crippen LogP contribution in [0.5, 0.6) is 0 Å². The number of ether oxygens (including phenoxy) is 1. The number of hydrogen-bond acceptors (Lipinski definition) is 5. The molecule has 1 aromatic heterocycles. The fourth-order valence-electron chi connectivity index (χ4n) is 4.25. The Bertz CT molecular complexity index is 852. The molecule has 0 spiro atoms. The second kappa shape index (κ2) is 11.4. The van der Waals surface area contributed by atoms with Crippen molar-refractivity contribution in [1.82, 2.24) is 15.1 Å². The van der Waals surface area contributed by atoms with Crippen LogP contribution in [-0.4, -0.2) is 68.1 Å². The number of carbonyl (C=O) groups is 2. The number of nitrogens with one attached hydrogen (secondary N) is 1. The Labute approximate surface area is 189 Å². The number of carbonyl (C=O) groups excluding carboxylic acids is 2. The van der Waals surface area contributed by atoms with E-state index in [1.54, 1.807) is 23.3 Å².